The molecular formula is C24H22N2O5. The minimum Gasteiger partial charge on any atom is -0.508 e. The van der Waals surface area contributed by atoms with E-state index in [1.54, 1.807) is 50.6 Å². The van der Waals surface area contributed by atoms with Crippen LogP contribution in [0.1, 0.15) is 5.56 Å². The lowest BCUT2D eigenvalue weighted by Gasteiger charge is -2.11. The molecule has 1 aromatic heterocycles. The molecule has 0 spiro atoms. The van der Waals surface area contributed by atoms with E-state index < -0.39 is 0 Å². The maximum Gasteiger partial charge on any atom is 0.132 e. The summed E-state index contributed by atoms with van der Waals surface area (Å²) in [5, 5.41) is 33.3. The third-order valence-electron chi connectivity index (χ3n) is 5.19. The first kappa shape index (κ1) is 20.2. The predicted octanol–water partition coefficient (Wildman–Crippen LogP) is 4.62. The lowest BCUT2D eigenvalue weighted by atomic mass is 10.0. The molecule has 7 heteroatoms. The van der Waals surface area contributed by atoms with Gasteiger partial charge in [0.05, 0.1) is 26.3 Å². The molecule has 0 aliphatic heterocycles. The number of hydrogen-bond donors (Lipinski definition) is 3. The normalized spacial score (nSPS) is 11.6. The van der Waals surface area contributed by atoms with Crippen LogP contribution < -0.4 is 9.47 Å². The van der Waals surface area contributed by atoms with Gasteiger partial charge in [0.25, 0.3) is 0 Å². The summed E-state index contributed by atoms with van der Waals surface area (Å²) >= 11 is 0. The monoisotopic (exact) mass is 418 g/mol. The Hall–Kier alpha value is -4.13. The maximum atomic E-state index is 9.68. The van der Waals surface area contributed by atoms with Crippen molar-refractivity contribution in [1.29, 1.82) is 0 Å². The number of rotatable bonds is 6. The quantitative estimate of drug-likeness (QED) is 0.241. The first-order valence-corrected chi connectivity index (χ1v) is 9.58. The summed E-state index contributed by atoms with van der Waals surface area (Å²) in [4.78, 5) is 0. The predicted molar refractivity (Wildman–Crippen MR) is 119 cm³/mol. The second-order valence-electron chi connectivity index (χ2n) is 7.03. The van der Waals surface area contributed by atoms with Crippen molar-refractivity contribution in [3.63, 3.8) is 0 Å². The standard InChI is InChI=1S/C24H22N2O5/c1-30-19-11-22-24(23(12-19)31-2)20(15-3-7-17(27)8-4-15)13-26(22)14-21(25-29)16-5-9-18(28)10-6-16/h3-13,27-29H,14H2,1-2H3/b25-21-. The number of nitrogens with zero attached hydrogens (tertiary/aromatic N) is 2. The summed E-state index contributed by atoms with van der Waals surface area (Å²) in [6, 6.07) is 17.1. The molecule has 31 heavy (non-hydrogen) atoms. The molecule has 0 aliphatic rings. The Balaban J connectivity index is 1.90. The fraction of sp³-hybridized carbons (Fsp3) is 0.125. The molecule has 158 valence electrons. The van der Waals surface area contributed by atoms with Gasteiger partial charge in [0, 0.05) is 34.8 Å². The van der Waals surface area contributed by atoms with Gasteiger partial charge in [-0.25, -0.2) is 0 Å². The zero-order valence-electron chi connectivity index (χ0n) is 17.1. The Bertz CT molecular complexity index is 1240. The Morgan fingerprint density at radius 1 is 0.903 bits per heavy atom. The van der Waals surface area contributed by atoms with Gasteiger partial charge in [-0.15, -0.1) is 0 Å². The summed E-state index contributed by atoms with van der Waals surface area (Å²) in [6.45, 7) is 0.270. The van der Waals surface area contributed by atoms with Gasteiger partial charge in [-0.05, 0) is 42.0 Å². The average molecular weight is 418 g/mol. The van der Waals surface area contributed by atoms with Crippen LogP contribution in [0.3, 0.4) is 0 Å². The summed E-state index contributed by atoms with van der Waals surface area (Å²) < 4.78 is 13.0. The Labute approximate surface area is 179 Å². The van der Waals surface area contributed by atoms with Gasteiger partial charge >= 0.3 is 0 Å². The molecule has 1 heterocycles. The Morgan fingerprint density at radius 2 is 1.55 bits per heavy atom. The molecule has 0 amide bonds. The maximum absolute atomic E-state index is 9.68. The number of fused-ring (bicyclic) bond motifs is 1. The first-order chi connectivity index (χ1) is 15.0. The number of aromatic nitrogens is 1. The van der Waals surface area contributed by atoms with E-state index >= 15 is 0 Å². The van der Waals surface area contributed by atoms with Crippen molar-refractivity contribution in [2.45, 2.75) is 6.54 Å². The molecule has 0 saturated heterocycles. The molecule has 3 N–H and O–H groups in total. The van der Waals surface area contributed by atoms with Crippen LogP contribution in [0.15, 0.2) is 72.0 Å². The van der Waals surface area contributed by atoms with Crippen molar-refractivity contribution in [1.82, 2.24) is 4.57 Å². The number of methoxy groups -OCH3 is 2. The number of ether oxygens (including phenoxy) is 2. The third kappa shape index (κ3) is 3.85. The van der Waals surface area contributed by atoms with Gasteiger partial charge in [0.15, 0.2) is 0 Å². The molecule has 0 fully saturated rings. The lowest BCUT2D eigenvalue weighted by molar-refractivity contribution is 0.317. The number of benzene rings is 3. The fourth-order valence-corrected chi connectivity index (χ4v) is 3.63. The molecule has 0 bridgehead atoms. The van der Waals surface area contributed by atoms with Crippen molar-refractivity contribution in [3.05, 3.63) is 72.4 Å². The van der Waals surface area contributed by atoms with E-state index in [1.807, 2.05) is 35.0 Å². The number of oxime groups is 1. The fourth-order valence-electron chi connectivity index (χ4n) is 3.63. The Kier molecular flexibility index (Phi) is 5.41. The molecule has 0 saturated carbocycles. The molecule has 7 nitrogen and oxygen atoms in total. The number of hydrogen-bond acceptors (Lipinski definition) is 6. The summed E-state index contributed by atoms with van der Waals surface area (Å²) in [5.74, 6) is 1.59. The van der Waals surface area contributed by atoms with Crippen LogP contribution >= 0.6 is 0 Å². The van der Waals surface area contributed by atoms with Gasteiger partial charge in [0.1, 0.15) is 28.7 Å². The van der Waals surface area contributed by atoms with E-state index in [0.717, 1.165) is 22.0 Å². The highest BCUT2D eigenvalue weighted by Crippen LogP contribution is 2.40. The highest BCUT2D eigenvalue weighted by molar-refractivity contribution is 6.04. The highest BCUT2D eigenvalue weighted by Gasteiger charge is 2.18. The number of aromatic hydroxyl groups is 2. The van der Waals surface area contributed by atoms with Crippen LogP contribution in [0.25, 0.3) is 22.0 Å². The van der Waals surface area contributed by atoms with Crippen molar-refractivity contribution >= 4 is 16.6 Å². The summed E-state index contributed by atoms with van der Waals surface area (Å²) in [6.07, 6.45) is 1.95. The topological polar surface area (TPSA) is 96.4 Å². The van der Waals surface area contributed by atoms with Crippen LogP contribution in [-0.2, 0) is 6.54 Å². The largest absolute Gasteiger partial charge is 0.508 e. The minimum atomic E-state index is 0.136. The number of phenols is 2. The second kappa shape index (κ2) is 8.31. The van der Waals surface area contributed by atoms with Crippen LogP contribution in [0.2, 0.25) is 0 Å². The molecule has 0 atom stereocenters. The molecule has 0 aliphatic carbocycles. The highest BCUT2D eigenvalue weighted by atomic mass is 16.5. The first-order valence-electron chi connectivity index (χ1n) is 9.58. The van der Waals surface area contributed by atoms with Crippen LogP contribution in [-0.4, -0.2) is 39.9 Å². The summed E-state index contributed by atoms with van der Waals surface area (Å²) in [7, 11) is 3.19. The van der Waals surface area contributed by atoms with Crippen LogP contribution in [0.5, 0.6) is 23.0 Å². The van der Waals surface area contributed by atoms with E-state index in [0.29, 0.717) is 22.8 Å². The lowest BCUT2D eigenvalue weighted by Crippen LogP contribution is -2.11. The van der Waals surface area contributed by atoms with Crippen molar-refractivity contribution in [2.75, 3.05) is 14.2 Å². The van der Waals surface area contributed by atoms with Crippen molar-refractivity contribution in [3.8, 4) is 34.1 Å². The molecule has 0 radical (unpaired) electrons. The molecule has 4 aromatic rings. The third-order valence-corrected chi connectivity index (χ3v) is 5.19. The zero-order chi connectivity index (χ0) is 22.0. The van der Waals surface area contributed by atoms with E-state index in [-0.39, 0.29) is 18.0 Å². The van der Waals surface area contributed by atoms with Gasteiger partial charge in [-0.3, -0.25) is 0 Å². The van der Waals surface area contributed by atoms with E-state index in [2.05, 4.69) is 5.16 Å². The van der Waals surface area contributed by atoms with E-state index in [9.17, 15) is 15.4 Å². The van der Waals surface area contributed by atoms with Gasteiger partial charge < -0.3 is 29.5 Å². The SMILES string of the molecule is COc1cc(OC)c2c(-c3ccc(O)cc3)cn(C/C(=N/O)c3ccc(O)cc3)c2c1. The van der Waals surface area contributed by atoms with Crippen LogP contribution in [0.4, 0.5) is 0 Å². The van der Waals surface area contributed by atoms with Gasteiger partial charge in [0.2, 0.25) is 0 Å². The molecule has 3 aromatic carbocycles. The average Bonchev–Trinajstić information content (AvgIpc) is 3.16. The minimum absolute atomic E-state index is 0.136. The smallest absolute Gasteiger partial charge is 0.132 e. The summed E-state index contributed by atoms with van der Waals surface area (Å²) in [5.41, 5.74) is 3.74. The Morgan fingerprint density at radius 3 is 2.13 bits per heavy atom. The van der Waals surface area contributed by atoms with Crippen molar-refractivity contribution in [2.24, 2.45) is 5.16 Å². The van der Waals surface area contributed by atoms with Crippen molar-refractivity contribution < 1.29 is 24.9 Å². The molecule has 0 unspecified atom stereocenters. The van der Waals surface area contributed by atoms with E-state index in [4.69, 9.17) is 9.47 Å². The van der Waals surface area contributed by atoms with Crippen LogP contribution in [0, 0.1) is 0 Å². The second-order valence-corrected chi connectivity index (χ2v) is 7.03. The zero-order valence-corrected chi connectivity index (χ0v) is 17.1. The molecule has 4 rings (SSSR count). The van der Waals surface area contributed by atoms with Gasteiger partial charge in [-0.2, -0.15) is 0 Å². The molecular weight excluding hydrogens is 396 g/mol. The van der Waals surface area contributed by atoms with Gasteiger partial charge in [-0.1, -0.05) is 17.3 Å². The number of phenolic OH excluding ortho intramolecular Hbond substituents is 2. The van der Waals surface area contributed by atoms with E-state index in [1.165, 1.54) is 0 Å².